The summed E-state index contributed by atoms with van der Waals surface area (Å²) in [6.07, 6.45) is 6.08. The van der Waals surface area contributed by atoms with Gasteiger partial charge in [-0.05, 0) is 25.3 Å². The van der Waals surface area contributed by atoms with Crippen LogP contribution in [0.1, 0.15) is 26.2 Å². The highest BCUT2D eigenvalue weighted by Crippen LogP contribution is 2.34. The number of allylic oxidation sites excluding steroid dienone is 3. The molecular weight excluding hydrogens is 164 g/mol. The zero-order valence-electron chi connectivity index (χ0n) is 7.79. The lowest BCUT2D eigenvalue weighted by atomic mass is 9.95. The summed E-state index contributed by atoms with van der Waals surface area (Å²) in [5.41, 5.74) is 1.77. The molecule has 0 saturated carbocycles. The highest BCUT2D eigenvalue weighted by molar-refractivity contribution is 6.00. The van der Waals surface area contributed by atoms with Crippen LogP contribution in [-0.4, -0.2) is 17.0 Å². The standard InChI is InChI=1S/C11H14O2/c1-7-9(12)6-10(13)11(7)8-4-2-3-5-8/h2,4,8-9,12H,3,5-6H2,1H3. The second-order valence-electron chi connectivity index (χ2n) is 3.85. The van der Waals surface area contributed by atoms with E-state index in [1.807, 2.05) is 6.92 Å². The van der Waals surface area contributed by atoms with Crippen molar-refractivity contribution in [3.63, 3.8) is 0 Å². The van der Waals surface area contributed by atoms with E-state index in [-0.39, 0.29) is 11.7 Å². The smallest absolute Gasteiger partial charge is 0.162 e. The van der Waals surface area contributed by atoms with Crippen molar-refractivity contribution in [1.82, 2.24) is 0 Å². The Morgan fingerprint density at radius 3 is 2.77 bits per heavy atom. The lowest BCUT2D eigenvalue weighted by Crippen LogP contribution is -2.05. The highest BCUT2D eigenvalue weighted by Gasteiger charge is 2.32. The first kappa shape index (κ1) is 8.70. The van der Waals surface area contributed by atoms with Gasteiger partial charge in [0.25, 0.3) is 0 Å². The quantitative estimate of drug-likeness (QED) is 0.619. The molecule has 0 amide bonds. The van der Waals surface area contributed by atoms with E-state index < -0.39 is 6.10 Å². The summed E-state index contributed by atoms with van der Waals surface area (Å²) in [6.45, 7) is 1.87. The summed E-state index contributed by atoms with van der Waals surface area (Å²) in [4.78, 5) is 11.5. The fourth-order valence-corrected chi connectivity index (χ4v) is 2.21. The number of carbonyl (C=O) groups excluding carboxylic acids is 1. The zero-order valence-corrected chi connectivity index (χ0v) is 7.79. The Balaban J connectivity index is 2.30. The molecule has 1 N–H and O–H groups in total. The van der Waals surface area contributed by atoms with E-state index in [1.165, 1.54) is 0 Å². The molecule has 70 valence electrons. The molecule has 2 atom stereocenters. The predicted octanol–water partition coefficient (Wildman–Crippen LogP) is 1.60. The minimum absolute atomic E-state index is 0.140. The van der Waals surface area contributed by atoms with Crippen molar-refractivity contribution < 1.29 is 9.90 Å². The van der Waals surface area contributed by atoms with E-state index in [2.05, 4.69) is 12.2 Å². The molecule has 0 aromatic carbocycles. The molecule has 2 unspecified atom stereocenters. The Morgan fingerprint density at radius 1 is 1.54 bits per heavy atom. The number of hydrogen-bond donors (Lipinski definition) is 1. The number of rotatable bonds is 1. The van der Waals surface area contributed by atoms with Gasteiger partial charge in [0, 0.05) is 17.9 Å². The number of hydrogen-bond acceptors (Lipinski definition) is 2. The number of aliphatic hydroxyl groups is 1. The first-order valence-electron chi connectivity index (χ1n) is 4.78. The number of aliphatic hydroxyl groups excluding tert-OH is 1. The van der Waals surface area contributed by atoms with E-state index in [4.69, 9.17) is 0 Å². The maximum atomic E-state index is 11.5. The third-order valence-electron chi connectivity index (χ3n) is 2.99. The Morgan fingerprint density at radius 2 is 2.31 bits per heavy atom. The molecule has 2 aliphatic carbocycles. The highest BCUT2D eigenvalue weighted by atomic mass is 16.3. The van der Waals surface area contributed by atoms with Gasteiger partial charge < -0.3 is 5.11 Å². The maximum Gasteiger partial charge on any atom is 0.162 e. The molecule has 0 heterocycles. The molecule has 0 bridgehead atoms. The number of Topliss-reactive ketones (excluding diaryl/α,β-unsaturated/α-hetero) is 1. The molecular formula is C11H14O2. The first-order valence-corrected chi connectivity index (χ1v) is 4.78. The molecule has 0 fully saturated rings. The molecule has 2 heteroatoms. The van der Waals surface area contributed by atoms with Gasteiger partial charge in [-0.1, -0.05) is 12.2 Å². The molecule has 13 heavy (non-hydrogen) atoms. The molecule has 0 radical (unpaired) electrons. The van der Waals surface area contributed by atoms with Crippen LogP contribution in [0, 0.1) is 5.92 Å². The summed E-state index contributed by atoms with van der Waals surface area (Å²) in [6, 6.07) is 0. The molecule has 0 spiro atoms. The van der Waals surface area contributed by atoms with E-state index in [0.717, 1.165) is 24.0 Å². The second-order valence-corrected chi connectivity index (χ2v) is 3.85. The van der Waals surface area contributed by atoms with Crippen LogP contribution in [-0.2, 0) is 4.79 Å². The maximum absolute atomic E-state index is 11.5. The molecule has 0 saturated heterocycles. The third-order valence-corrected chi connectivity index (χ3v) is 2.99. The van der Waals surface area contributed by atoms with Crippen molar-refractivity contribution in [2.75, 3.05) is 0 Å². The van der Waals surface area contributed by atoms with E-state index in [9.17, 15) is 9.90 Å². The van der Waals surface area contributed by atoms with Gasteiger partial charge in [-0.25, -0.2) is 0 Å². The van der Waals surface area contributed by atoms with Crippen LogP contribution in [0.3, 0.4) is 0 Å². The van der Waals surface area contributed by atoms with E-state index in [1.54, 1.807) is 0 Å². The fourth-order valence-electron chi connectivity index (χ4n) is 2.21. The lowest BCUT2D eigenvalue weighted by Gasteiger charge is -2.09. The monoisotopic (exact) mass is 178 g/mol. The van der Waals surface area contributed by atoms with E-state index in [0.29, 0.717) is 6.42 Å². The Bertz CT molecular complexity index is 299. The Hall–Kier alpha value is -0.890. The van der Waals surface area contributed by atoms with Crippen LogP contribution in [0.2, 0.25) is 0 Å². The molecule has 2 rings (SSSR count). The van der Waals surface area contributed by atoms with Gasteiger partial charge in [-0.3, -0.25) is 4.79 Å². The molecule has 2 aliphatic rings. The zero-order chi connectivity index (χ0) is 9.42. The van der Waals surface area contributed by atoms with Gasteiger partial charge in [0.15, 0.2) is 5.78 Å². The Labute approximate surface area is 78.0 Å². The first-order chi connectivity index (χ1) is 6.20. The number of ketones is 1. The van der Waals surface area contributed by atoms with Gasteiger partial charge >= 0.3 is 0 Å². The van der Waals surface area contributed by atoms with Crippen molar-refractivity contribution in [1.29, 1.82) is 0 Å². The number of carbonyl (C=O) groups is 1. The molecule has 0 aromatic heterocycles. The van der Waals surface area contributed by atoms with Crippen molar-refractivity contribution >= 4 is 5.78 Å². The van der Waals surface area contributed by atoms with E-state index >= 15 is 0 Å². The van der Waals surface area contributed by atoms with Crippen molar-refractivity contribution in [3.05, 3.63) is 23.3 Å². The average Bonchev–Trinajstić information content (AvgIpc) is 2.63. The van der Waals surface area contributed by atoms with Crippen molar-refractivity contribution in [2.45, 2.75) is 32.3 Å². The summed E-state index contributed by atoms with van der Waals surface area (Å²) in [7, 11) is 0. The minimum Gasteiger partial charge on any atom is -0.388 e. The van der Waals surface area contributed by atoms with Crippen molar-refractivity contribution in [2.24, 2.45) is 5.92 Å². The van der Waals surface area contributed by atoms with Gasteiger partial charge in [-0.15, -0.1) is 0 Å². The van der Waals surface area contributed by atoms with Crippen LogP contribution < -0.4 is 0 Å². The topological polar surface area (TPSA) is 37.3 Å². The minimum atomic E-state index is -0.517. The molecule has 0 aliphatic heterocycles. The molecule has 0 aromatic rings. The van der Waals surface area contributed by atoms with Gasteiger partial charge in [0.1, 0.15) is 0 Å². The molecule has 2 nitrogen and oxygen atoms in total. The average molecular weight is 178 g/mol. The normalized spacial score (nSPS) is 33.5. The lowest BCUT2D eigenvalue weighted by molar-refractivity contribution is -0.116. The van der Waals surface area contributed by atoms with Crippen LogP contribution >= 0.6 is 0 Å². The van der Waals surface area contributed by atoms with Gasteiger partial charge in [0.05, 0.1) is 6.10 Å². The van der Waals surface area contributed by atoms with Crippen LogP contribution in [0.4, 0.5) is 0 Å². The third kappa shape index (κ3) is 1.35. The second kappa shape index (κ2) is 3.11. The van der Waals surface area contributed by atoms with Gasteiger partial charge in [-0.2, -0.15) is 0 Å². The Kier molecular flexibility index (Phi) is 2.08. The fraction of sp³-hybridized carbons (Fsp3) is 0.545. The van der Waals surface area contributed by atoms with Crippen LogP contribution in [0.5, 0.6) is 0 Å². The summed E-state index contributed by atoms with van der Waals surface area (Å²) >= 11 is 0. The SMILES string of the molecule is CC1=C(C2C=CCC2)C(=O)CC1O. The van der Waals surface area contributed by atoms with Crippen molar-refractivity contribution in [3.8, 4) is 0 Å². The van der Waals surface area contributed by atoms with Crippen LogP contribution in [0.25, 0.3) is 0 Å². The summed E-state index contributed by atoms with van der Waals surface area (Å²) in [5, 5.41) is 9.50. The van der Waals surface area contributed by atoms with Crippen LogP contribution in [0.15, 0.2) is 23.3 Å². The summed E-state index contributed by atoms with van der Waals surface area (Å²) in [5.74, 6) is 0.422. The predicted molar refractivity (Wildman–Crippen MR) is 50.2 cm³/mol. The van der Waals surface area contributed by atoms with Gasteiger partial charge in [0.2, 0.25) is 0 Å². The summed E-state index contributed by atoms with van der Waals surface area (Å²) < 4.78 is 0. The largest absolute Gasteiger partial charge is 0.388 e.